The summed E-state index contributed by atoms with van der Waals surface area (Å²) in [6, 6.07) is 11.2. The van der Waals surface area contributed by atoms with Crippen LogP contribution >= 0.6 is 0 Å². The largest absolute Gasteiger partial charge is 0.454 e. The summed E-state index contributed by atoms with van der Waals surface area (Å²) in [5, 5.41) is 2.76. The van der Waals surface area contributed by atoms with Crippen LogP contribution in [0.15, 0.2) is 47.4 Å². The summed E-state index contributed by atoms with van der Waals surface area (Å²) in [6.07, 6.45) is 1.75. The van der Waals surface area contributed by atoms with Crippen LogP contribution in [0, 0.1) is 20.8 Å². The summed E-state index contributed by atoms with van der Waals surface area (Å²) in [5.74, 6) is -1.17. The molecule has 1 saturated heterocycles. The van der Waals surface area contributed by atoms with Crippen molar-refractivity contribution < 1.29 is 22.7 Å². The van der Waals surface area contributed by atoms with E-state index in [9.17, 15) is 18.0 Å². The summed E-state index contributed by atoms with van der Waals surface area (Å²) in [7, 11) is -3.84. The van der Waals surface area contributed by atoms with Gasteiger partial charge in [-0.2, -0.15) is 4.31 Å². The molecule has 2 aromatic carbocycles. The van der Waals surface area contributed by atoms with Crippen LogP contribution in [0.4, 0.5) is 5.69 Å². The molecule has 7 nitrogen and oxygen atoms in total. The number of amides is 1. The van der Waals surface area contributed by atoms with E-state index in [-0.39, 0.29) is 11.4 Å². The van der Waals surface area contributed by atoms with Gasteiger partial charge < -0.3 is 10.1 Å². The third-order valence-corrected chi connectivity index (χ3v) is 7.37. The molecule has 1 aliphatic rings. The maximum absolute atomic E-state index is 13.1. The summed E-state index contributed by atoms with van der Waals surface area (Å²) < 4.78 is 32.6. The van der Waals surface area contributed by atoms with Crippen molar-refractivity contribution >= 4 is 27.6 Å². The summed E-state index contributed by atoms with van der Waals surface area (Å²) in [4.78, 5) is 25.2. The Balaban J connectivity index is 1.68. The van der Waals surface area contributed by atoms with Crippen LogP contribution in [0.3, 0.4) is 0 Å². The lowest BCUT2D eigenvalue weighted by molar-refractivity contribution is -0.152. The molecule has 3 rings (SSSR count). The van der Waals surface area contributed by atoms with Crippen molar-refractivity contribution in [3.63, 3.8) is 0 Å². The van der Waals surface area contributed by atoms with Crippen LogP contribution < -0.4 is 5.32 Å². The van der Waals surface area contributed by atoms with Gasteiger partial charge in [0.1, 0.15) is 6.04 Å². The van der Waals surface area contributed by atoms with E-state index in [1.54, 1.807) is 24.3 Å². The van der Waals surface area contributed by atoms with Gasteiger partial charge in [0.05, 0.1) is 4.90 Å². The highest BCUT2D eigenvalue weighted by Gasteiger charge is 2.38. The molecule has 1 aliphatic heterocycles. The Morgan fingerprint density at radius 1 is 1.03 bits per heavy atom. The van der Waals surface area contributed by atoms with Gasteiger partial charge in [-0.05, 0) is 63.3 Å². The number of hydrogen-bond acceptors (Lipinski definition) is 5. The van der Waals surface area contributed by atoms with Crippen molar-refractivity contribution in [2.75, 3.05) is 18.5 Å². The summed E-state index contributed by atoms with van der Waals surface area (Å²) >= 11 is 0. The van der Waals surface area contributed by atoms with Crippen LogP contribution in [0.1, 0.15) is 36.0 Å². The fourth-order valence-corrected chi connectivity index (χ4v) is 5.34. The van der Waals surface area contributed by atoms with Gasteiger partial charge in [-0.15, -0.1) is 0 Å². The molecule has 0 saturated carbocycles. The van der Waals surface area contributed by atoms with Crippen LogP contribution in [-0.2, 0) is 24.3 Å². The van der Waals surface area contributed by atoms with Gasteiger partial charge in [0.25, 0.3) is 5.91 Å². The van der Waals surface area contributed by atoms with E-state index in [1.165, 1.54) is 4.31 Å². The monoisotopic (exact) mass is 444 g/mol. The summed E-state index contributed by atoms with van der Waals surface area (Å²) in [6.45, 7) is 5.40. The lowest BCUT2D eigenvalue weighted by Crippen LogP contribution is -2.48. The number of carbonyl (C=O) groups excluding carboxylic acids is 2. The Labute approximate surface area is 183 Å². The maximum atomic E-state index is 13.1. The number of esters is 1. The standard InChI is InChI=1S/C23H28N2O5S/c1-16-10-12-19(13-11-16)31(28,29)25-14-5-4-9-20(25)23(27)30-15-21(26)24-22-17(2)7-6-8-18(22)3/h6-8,10-13,20H,4-5,9,14-15H2,1-3H3,(H,24,26). The van der Waals surface area contributed by atoms with Gasteiger partial charge in [-0.3, -0.25) is 9.59 Å². The minimum atomic E-state index is -3.84. The fraction of sp³-hybridized carbons (Fsp3) is 0.391. The highest BCUT2D eigenvalue weighted by Crippen LogP contribution is 2.26. The summed E-state index contributed by atoms with van der Waals surface area (Å²) in [5.41, 5.74) is 3.44. The quantitative estimate of drug-likeness (QED) is 0.690. The molecule has 0 spiro atoms. The number of piperidine rings is 1. The lowest BCUT2D eigenvalue weighted by Gasteiger charge is -2.33. The molecule has 8 heteroatoms. The van der Waals surface area contributed by atoms with Crippen molar-refractivity contribution in [1.82, 2.24) is 4.31 Å². The lowest BCUT2D eigenvalue weighted by atomic mass is 10.1. The van der Waals surface area contributed by atoms with Crippen LogP contribution in [0.2, 0.25) is 0 Å². The van der Waals surface area contributed by atoms with Crippen molar-refractivity contribution in [2.24, 2.45) is 0 Å². The molecule has 1 unspecified atom stereocenters. The van der Waals surface area contributed by atoms with Crippen LogP contribution in [0.25, 0.3) is 0 Å². The van der Waals surface area contributed by atoms with Crippen molar-refractivity contribution in [1.29, 1.82) is 0 Å². The Morgan fingerprint density at radius 2 is 1.68 bits per heavy atom. The van der Waals surface area contributed by atoms with E-state index in [0.717, 1.165) is 16.7 Å². The fourth-order valence-electron chi connectivity index (χ4n) is 3.69. The SMILES string of the molecule is Cc1ccc(S(=O)(=O)N2CCCCC2C(=O)OCC(=O)Nc2c(C)cccc2C)cc1. The number of sulfonamides is 1. The molecule has 166 valence electrons. The van der Waals surface area contributed by atoms with Gasteiger partial charge in [0.15, 0.2) is 6.61 Å². The first-order chi connectivity index (χ1) is 14.7. The highest BCUT2D eigenvalue weighted by atomic mass is 32.2. The number of nitrogens with zero attached hydrogens (tertiary/aromatic N) is 1. The van der Waals surface area contributed by atoms with E-state index in [0.29, 0.717) is 24.9 Å². The molecule has 1 heterocycles. The predicted molar refractivity (Wildman–Crippen MR) is 118 cm³/mol. The Morgan fingerprint density at radius 3 is 2.32 bits per heavy atom. The molecule has 1 fully saturated rings. The number of para-hydroxylation sites is 1. The molecule has 1 amide bonds. The second-order valence-corrected chi connectivity index (χ2v) is 9.75. The number of anilines is 1. The van der Waals surface area contributed by atoms with Crippen molar-refractivity contribution in [3.05, 3.63) is 59.2 Å². The molecule has 2 aromatic rings. The molecule has 0 aromatic heterocycles. The third-order valence-electron chi connectivity index (χ3n) is 5.44. The van der Waals surface area contributed by atoms with Gasteiger partial charge in [-0.25, -0.2) is 8.42 Å². The van der Waals surface area contributed by atoms with Gasteiger partial charge in [-0.1, -0.05) is 35.9 Å². The molecular weight excluding hydrogens is 416 g/mol. The number of ether oxygens (including phenoxy) is 1. The van der Waals surface area contributed by atoms with Crippen LogP contribution in [0.5, 0.6) is 0 Å². The Kier molecular flexibility index (Phi) is 7.12. The van der Waals surface area contributed by atoms with E-state index < -0.39 is 34.5 Å². The number of nitrogens with one attached hydrogen (secondary N) is 1. The molecule has 0 aliphatic carbocycles. The normalized spacial score (nSPS) is 17.2. The van der Waals surface area contributed by atoms with Gasteiger partial charge in [0, 0.05) is 12.2 Å². The average Bonchev–Trinajstić information content (AvgIpc) is 2.75. The zero-order chi connectivity index (χ0) is 22.6. The number of carbonyl (C=O) groups is 2. The second kappa shape index (κ2) is 9.62. The first-order valence-electron chi connectivity index (χ1n) is 10.3. The number of rotatable bonds is 6. The Bertz CT molecular complexity index is 1040. The predicted octanol–water partition coefficient (Wildman–Crippen LogP) is 3.34. The minimum absolute atomic E-state index is 0.144. The van der Waals surface area contributed by atoms with E-state index >= 15 is 0 Å². The van der Waals surface area contributed by atoms with Crippen LogP contribution in [-0.4, -0.2) is 43.8 Å². The Hall–Kier alpha value is -2.71. The topological polar surface area (TPSA) is 92.8 Å². The maximum Gasteiger partial charge on any atom is 0.324 e. The molecule has 1 N–H and O–H groups in total. The molecule has 31 heavy (non-hydrogen) atoms. The minimum Gasteiger partial charge on any atom is -0.454 e. The molecular formula is C23H28N2O5S. The molecule has 0 radical (unpaired) electrons. The average molecular weight is 445 g/mol. The molecule has 1 atom stereocenters. The zero-order valence-electron chi connectivity index (χ0n) is 18.1. The van der Waals surface area contributed by atoms with E-state index in [4.69, 9.17) is 4.74 Å². The smallest absolute Gasteiger partial charge is 0.324 e. The van der Waals surface area contributed by atoms with Gasteiger partial charge >= 0.3 is 5.97 Å². The highest BCUT2D eigenvalue weighted by molar-refractivity contribution is 7.89. The number of benzene rings is 2. The number of aryl methyl sites for hydroxylation is 3. The van der Waals surface area contributed by atoms with Gasteiger partial charge in [0.2, 0.25) is 10.0 Å². The van der Waals surface area contributed by atoms with Crippen molar-refractivity contribution in [3.8, 4) is 0 Å². The first kappa shape index (κ1) is 23.0. The van der Waals surface area contributed by atoms with Crippen molar-refractivity contribution in [2.45, 2.75) is 51.0 Å². The second-order valence-electron chi connectivity index (χ2n) is 7.86. The third kappa shape index (κ3) is 5.32. The van der Waals surface area contributed by atoms with E-state index in [2.05, 4.69) is 5.32 Å². The zero-order valence-corrected chi connectivity index (χ0v) is 18.9. The van der Waals surface area contributed by atoms with E-state index in [1.807, 2.05) is 39.0 Å². The number of hydrogen-bond donors (Lipinski definition) is 1. The molecule has 0 bridgehead atoms. The first-order valence-corrected chi connectivity index (χ1v) is 11.8.